The lowest BCUT2D eigenvalue weighted by Crippen LogP contribution is -2.16. The van der Waals surface area contributed by atoms with Gasteiger partial charge >= 0.3 is 0 Å². The second-order valence-corrected chi connectivity index (χ2v) is 6.51. The normalized spacial score (nSPS) is 10.4. The largest absolute Gasteiger partial charge is 0.487 e. The van der Waals surface area contributed by atoms with Gasteiger partial charge in [0.1, 0.15) is 12.4 Å². The third kappa shape index (κ3) is 4.34. The van der Waals surface area contributed by atoms with E-state index in [4.69, 9.17) is 27.9 Å². The highest BCUT2D eigenvalue weighted by Crippen LogP contribution is 2.28. The molecule has 2 aromatic carbocycles. The number of hydrogen-bond donors (Lipinski definition) is 1. The average molecular weight is 387 g/mol. The Hall–Kier alpha value is -2.56. The molecule has 0 spiro atoms. The fourth-order valence-electron chi connectivity index (χ4n) is 2.41. The van der Waals surface area contributed by atoms with Crippen molar-refractivity contribution < 1.29 is 9.53 Å². The first-order chi connectivity index (χ1) is 12.5. The molecule has 132 valence electrons. The van der Waals surface area contributed by atoms with E-state index >= 15 is 0 Å². The van der Waals surface area contributed by atoms with Crippen molar-refractivity contribution in [1.82, 2.24) is 4.98 Å². The molecule has 0 unspecified atom stereocenters. The lowest BCUT2D eigenvalue weighted by Gasteiger charge is -2.13. The van der Waals surface area contributed by atoms with E-state index in [-0.39, 0.29) is 12.5 Å². The maximum atomic E-state index is 12.7. The Morgan fingerprint density at radius 2 is 1.96 bits per heavy atom. The molecule has 26 heavy (non-hydrogen) atoms. The quantitative estimate of drug-likeness (QED) is 0.627. The van der Waals surface area contributed by atoms with Crippen LogP contribution in [-0.4, -0.2) is 10.9 Å². The SMILES string of the molecule is Cc1ccccc1NC(=O)c1ccncc1COc1ccc(Cl)cc1Cl. The maximum Gasteiger partial charge on any atom is 0.256 e. The smallest absolute Gasteiger partial charge is 0.256 e. The van der Waals surface area contributed by atoms with Crippen LogP contribution in [0.15, 0.2) is 60.9 Å². The number of para-hydroxylation sites is 1. The van der Waals surface area contributed by atoms with E-state index in [0.717, 1.165) is 11.3 Å². The highest BCUT2D eigenvalue weighted by atomic mass is 35.5. The zero-order valence-corrected chi connectivity index (χ0v) is 15.5. The van der Waals surface area contributed by atoms with Crippen LogP contribution in [0.25, 0.3) is 0 Å². The van der Waals surface area contributed by atoms with E-state index in [1.54, 1.807) is 36.7 Å². The Bertz CT molecular complexity index is 945. The number of hydrogen-bond acceptors (Lipinski definition) is 3. The highest BCUT2D eigenvalue weighted by Gasteiger charge is 2.13. The molecule has 0 aliphatic rings. The maximum absolute atomic E-state index is 12.7. The van der Waals surface area contributed by atoms with E-state index in [1.807, 2.05) is 31.2 Å². The van der Waals surface area contributed by atoms with Crippen molar-refractivity contribution in [2.45, 2.75) is 13.5 Å². The van der Waals surface area contributed by atoms with Gasteiger partial charge in [-0.1, -0.05) is 41.4 Å². The number of rotatable bonds is 5. The fraction of sp³-hybridized carbons (Fsp3) is 0.100. The van der Waals surface area contributed by atoms with Gasteiger partial charge in [-0.05, 0) is 42.8 Å². The first-order valence-corrected chi connectivity index (χ1v) is 8.68. The molecule has 3 rings (SSSR count). The van der Waals surface area contributed by atoms with Gasteiger partial charge in [0.25, 0.3) is 5.91 Å². The van der Waals surface area contributed by atoms with E-state index in [9.17, 15) is 4.79 Å². The lowest BCUT2D eigenvalue weighted by atomic mass is 10.1. The number of ether oxygens (including phenoxy) is 1. The van der Waals surface area contributed by atoms with Crippen molar-refractivity contribution in [3.63, 3.8) is 0 Å². The van der Waals surface area contributed by atoms with Crippen LogP contribution in [0.4, 0.5) is 5.69 Å². The van der Waals surface area contributed by atoms with Crippen molar-refractivity contribution in [3.05, 3.63) is 87.7 Å². The third-order valence-electron chi connectivity index (χ3n) is 3.82. The van der Waals surface area contributed by atoms with Gasteiger partial charge in [-0.25, -0.2) is 0 Å². The second-order valence-electron chi connectivity index (χ2n) is 5.67. The molecule has 0 aliphatic heterocycles. The molecular formula is C20H16Cl2N2O2. The summed E-state index contributed by atoms with van der Waals surface area (Å²) < 4.78 is 5.73. The van der Waals surface area contributed by atoms with Crippen molar-refractivity contribution in [2.24, 2.45) is 0 Å². The van der Waals surface area contributed by atoms with Gasteiger partial charge in [-0.3, -0.25) is 9.78 Å². The van der Waals surface area contributed by atoms with E-state index in [0.29, 0.717) is 26.9 Å². The minimum Gasteiger partial charge on any atom is -0.487 e. The number of amides is 1. The van der Waals surface area contributed by atoms with Gasteiger partial charge < -0.3 is 10.1 Å². The van der Waals surface area contributed by atoms with Crippen LogP contribution >= 0.6 is 23.2 Å². The second kappa shape index (κ2) is 8.21. The molecule has 0 saturated heterocycles. The number of carbonyl (C=O) groups excluding carboxylic acids is 1. The topological polar surface area (TPSA) is 51.2 Å². The Kier molecular flexibility index (Phi) is 5.76. The first kappa shape index (κ1) is 18.2. The van der Waals surface area contributed by atoms with Crippen LogP contribution in [0.5, 0.6) is 5.75 Å². The number of pyridine rings is 1. The van der Waals surface area contributed by atoms with Gasteiger partial charge in [-0.15, -0.1) is 0 Å². The summed E-state index contributed by atoms with van der Waals surface area (Å²) >= 11 is 12.0. The molecule has 0 saturated carbocycles. The predicted octanol–water partition coefficient (Wildman–Crippen LogP) is 5.53. The number of benzene rings is 2. The lowest BCUT2D eigenvalue weighted by molar-refractivity contribution is 0.102. The highest BCUT2D eigenvalue weighted by molar-refractivity contribution is 6.35. The van der Waals surface area contributed by atoms with Gasteiger partial charge in [0.2, 0.25) is 0 Å². The molecule has 0 aliphatic carbocycles. The average Bonchev–Trinajstić information content (AvgIpc) is 2.63. The summed E-state index contributed by atoms with van der Waals surface area (Å²) in [7, 11) is 0. The summed E-state index contributed by atoms with van der Waals surface area (Å²) in [6, 6.07) is 14.2. The molecule has 3 aromatic rings. The zero-order chi connectivity index (χ0) is 18.5. The minimum absolute atomic E-state index is 0.158. The van der Waals surface area contributed by atoms with Gasteiger partial charge in [0.05, 0.1) is 5.02 Å². The van der Waals surface area contributed by atoms with Gasteiger partial charge in [0.15, 0.2) is 0 Å². The molecule has 0 atom stereocenters. The summed E-state index contributed by atoms with van der Waals surface area (Å²) in [6.07, 6.45) is 3.18. The fourth-order valence-corrected chi connectivity index (χ4v) is 2.88. The number of nitrogens with one attached hydrogen (secondary N) is 1. The zero-order valence-electron chi connectivity index (χ0n) is 14.0. The Balaban J connectivity index is 1.77. The Morgan fingerprint density at radius 1 is 1.15 bits per heavy atom. The summed E-state index contributed by atoms with van der Waals surface area (Å²) in [5, 5.41) is 3.86. The van der Waals surface area contributed by atoms with Crippen LogP contribution in [0, 0.1) is 6.92 Å². The Morgan fingerprint density at radius 3 is 2.73 bits per heavy atom. The third-order valence-corrected chi connectivity index (χ3v) is 4.35. The summed E-state index contributed by atoms with van der Waals surface area (Å²) in [4.78, 5) is 16.8. The number of anilines is 1. The molecular weight excluding hydrogens is 371 g/mol. The van der Waals surface area contributed by atoms with Crippen molar-refractivity contribution in [3.8, 4) is 5.75 Å². The van der Waals surface area contributed by atoms with E-state index in [1.165, 1.54) is 0 Å². The van der Waals surface area contributed by atoms with Gasteiger partial charge in [-0.2, -0.15) is 0 Å². The monoisotopic (exact) mass is 386 g/mol. The van der Waals surface area contributed by atoms with Crippen LogP contribution in [0.2, 0.25) is 10.0 Å². The number of aromatic nitrogens is 1. The molecule has 0 bridgehead atoms. The predicted molar refractivity (Wildman–Crippen MR) is 104 cm³/mol. The van der Waals surface area contributed by atoms with E-state index in [2.05, 4.69) is 10.3 Å². The number of carbonyl (C=O) groups is 1. The van der Waals surface area contributed by atoms with Gasteiger partial charge in [0, 0.05) is 34.2 Å². The Labute approximate surface area is 161 Å². The van der Waals surface area contributed by atoms with Crippen LogP contribution in [0.3, 0.4) is 0 Å². The number of halogens is 2. The standard InChI is InChI=1S/C20H16Cl2N2O2/c1-13-4-2-3-5-18(13)24-20(25)16-8-9-23-11-14(16)12-26-19-7-6-15(21)10-17(19)22/h2-11H,12H2,1H3,(H,24,25). The molecule has 0 fully saturated rings. The molecule has 1 aromatic heterocycles. The molecule has 4 nitrogen and oxygen atoms in total. The molecule has 1 amide bonds. The molecule has 6 heteroatoms. The first-order valence-electron chi connectivity index (χ1n) is 7.92. The summed E-state index contributed by atoms with van der Waals surface area (Å²) in [5.41, 5.74) is 2.90. The summed E-state index contributed by atoms with van der Waals surface area (Å²) in [6.45, 7) is 2.10. The van der Waals surface area contributed by atoms with Crippen molar-refractivity contribution in [2.75, 3.05) is 5.32 Å². The molecule has 1 heterocycles. The van der Waals surface area contributed by atoms with E-state index < -0.39 is 0 Å². The summed E-state index contributed by atoms with van der Waals surface area (Å²) in [5.74, 6) is 0.271. The number of nitrogens with zero attached hydrogens (tertiary/aromatic N) is 1. The molecule has 0 radical (unpaired) electrons. The molecule has 1 N–H and O–H groups in total. The minimum atomic E-state index is -0.220. The van der Waals surface area contributed by atoms with Crippen LogP contribution < -0.4 is 10.1 Å². The van der Waals surface area contributed by atoms with Crippen LogP contribution in [0.1, 0.15) is 21.5 Å². The van der Waals surface area contributed by atoms with Crippen molar-refractivity contribution in [1.29, 1.82) is 0 Å². The van der Waals surface area contributed by atoms with Crippen LogP contribution in [-0.2, 0) is 6.61 Å². The number of aryl methyl sites for hydroxylation is 1. The van der Waals surface area contributed by atoms with Crippen molar-refractivity contribution >= 4 is 34.8 Å².